The molecule has 0 saturated carbocycles. The van der Waals surface area contributed by atoms with Crippen LogP contribution in [0.25, 0.3) is 0 Å². The van der Waals surface area contributed by atoms with Crippen molar-refractivity contribution in [1.82, 2.24) is 0 Å². The molecule has 13 heteroatoms. The Hall–Kier alpha value is -3.91. The van der Waals surface area contributed by atoms with Gasteiger partial charge in [-0.25, -0.2) is 0 Å². The zero-order valence-corrected chi connectivity index (χ0v) is 52.8. The van der Waals surface area contributed by atoms with E-state index in [9.17, 15) is 0 Å². The molecule has 0 bridgehead atoms. The first kappa shape index (κ1) is 65.3. The van der Waals surface area contributed by atoms with Gasteiger partial charge in [-0.2, -0.15) is 0 Å². The molecule has 9 aromatic rings. The summed E-state index contributed by atoms with van der Waals surface area (Å²) < 4.78 is 39.5. The third-order valence-electron chi connectivity index (χ3n) is 12.8. The maximum atomic E-state index is 7.50. The minimum Gasteiger partial charge on any atom is -0.0663 e. The third kappa shape index (κ3) is 19.3. The quantitative estimate of drug-likeness (QED) is 0.0776. The van der Waals surface area contributed by atoms with E-state index in [4.69, 9.17) is 33.1 Å². The number of hydrogen-bond acceptors (Lipinski definition) is 6. The second-order valence-corrected chi connectivity index (χ2v) is 24.4. The van der Waals surface area contributed by atoms with E-state index in [2.05, 4.69) is 261 Å². The van der Waals surface area contributed by atoms with E-state index in [1.807, 2.05) is 0 Å². The fourth-order valence-electron chi connectivity index (χ4n) is 9.37. The first-order chi connectivity index (χ1) is 38.8. The summed E-state index contributed by atoms with van der Waals surface area (Å²) in [6.45, 7) is 11.5. The Morgan fingerprint density at radius 3 is 0.575 bits per heavy atom. The molecule has 1 aliphatic rings. The smallest absolute Gasteiger partial charge is 0.0663 e. The fraction of sp³-hybridized carbons (Fsp3) is 0.179. The van der Waals surface area contributed by atoms with Crippen LogP contribution in [0.2, 0.25) is 0 Å². The molecule has 1 fully saturated rings. The Morgan fingerprint density at radius 1 is 0.250 bits per heavy atom. The van der Waals surface area contributed by atoms with Crippen LogP contribution in [0, 0.1) is 6.65 Å². The van der Waals surface area contributed by atoms with Crippen LogP contribution in [-0.4, -0.2) is 86.0 Å². The van der Waals surface area contributed by atoms with Gasteiger partial charge in [-0.05, 0) is 71.5 Å². The Morgan fingerprint density at radius 2 is 0.400 bits per heavy atom. The monoisotopic (exact) mass is 1230 g/mol. The first-order valence-corrected chi connectivity index (χ1v) is 30.5. The van der Waals surface area contributed by atoms with E-state index in [0.29, 0.717) is 79.3 Å². The van der Waals surface area contributed by atoms with Crippen molar-refractivity contribution in [2.24, 2.45) is 0 Å². The van der Waals surface area contributed by atoms with Crippen LogP contribution in [0.1, 0.15) is 0 Å². The van der Waals surface area contributed by atoms with Crippen molar-refractivity contribution in [2.75, 3.05) is 79.3 Å². The van der Waals surface area contributed by atoms with Gasteiger partial charge in [0.15, 0.2) is 0 Å². The number of hydrogen-bond donors (Lipinski definition) is 0. The maximum Gasteiger partial charge on any atom is 1.00 e. The van der Waals surface area contributed by atoms with Crippen LogP contribution in [0.4, 0.5) is 0 Å². The molecular weight excluding hydrogens is 1160 g/mol. The summed E-state index contributed by atoms with van der Waals surface area (Å²) in [7, 11) is -2.68. The zero-order valence-electron chi connectivity index (χ0n) is 45.3. The van der Waals surface area contributed by atoms with Gasteiger partial charge in [-0.1, -0.05) is 271 Å². The van der Waals surface area contributed by atoms with Crippen molar-refractivity contribution >= 4 is 94.6 Å². The average molecular weight is 1230 g/mol. The van der Waals surface area contributed by atoms with Gasteiger partial charge < -0.3 is 28.4 Å². The zero-order chi connectivity index (χ0) is 53.7. The van der Waals surface area contributed by atoms with E-state index in [1.54, 1.807) is 0 Å². The molecule has 7 nitrogen and oxygen atoms in total. The van der Waals surface area contributed by atoms with Crippen molar-refractivity contribution in [1.29, 1.82) is 0 Å². The molecule has 0 unspecified atom stereocenters. The topological polar surface area (TPSA) is 75.3 Å². The summed E-state index contributed by atoms with van der Waals surface area (Å²) in [6.07, 6.45) is 0. The molecule has 1 heterocycles. The molecule has 403 valence electrons. The van der Waals surface area contributed by atoms with Crippen molar-refractivity contribution in [3.63, 3.8) is 0 Å². The second-order valence-electron chi connectivity index (χ2n) is 17.8. The van der Waals surface area contributed by atoms with E-state index in [-0.39, 0.29) is 77.6 Å². The van der Waals surface area contributed by atoms with Crippen molar-refractivity contribution in [2.45, 2.75) is 0 Å². The van der Waals surface area contributed by atoms with Gasteiger partial charge in [0.25, 0.3) is 0 Å². The van der Waals surface area contributed by atoms with Crippen LogP contribution in [-0.2, 0) is 52.6 Å². The number of rotatable bonds is 12. The predicted octanol–water partition coefficient (Wildman–Crippen LogP) is 4.54. The Labute approximate surface area is 533 Å². The summed E-state index contributed by atoms with van der Waals surface area (Å²) >= 11 is 0. The molecule has 1 aliphatic heterocycles. The molecule has 10 rings (SSSR count). The molecule has 0 spiro atoms. The van der Waals surface area contributed by atoms with Gasteiger partial charge >= 0.3 is 62.7 Å². The van der Waals surface area contributed by atoms with Crippen molar-refractivity contribution in [3.8, 4) is 0 Å². The minimum absolute atomic E-state index is 0. The summed E-state index contributed by atoms with van der Waals surface area (Å²) in [4.78, 5) is 0. The van der Waals surface area contributed by atoms with Gasteiger partial charge in [0, 0.05) is 19.5 Å². The average Bonchev–Trinajstić information content (AvgIpc) is 3.65. The summed E-state index contributed by atoms with van der Waals surface area (Å²) in [6, 6.07) is 95.0. The molecule has 9 aromatic carbocycles. The van der Waals surface area contributed by atoms with E-state index < -0.39 is 23.8 Å². The van der Waals surface area contributed by atoms with E-state index in [0.717, 1.165) is 0 Å². The van der Waals surface area contributed by atoms with Crippen molar-refractivity contribution in [3.05, 3.63) is 261 Å². The number of benzene rings is 9. The van der Waals surface area contributed by atoms with Gasteiger partial charge in [0.05, 0.1) is 79.3 Å². The SMILES string of the molecule is C1COCCOCCOCCOCCOCCO1.[C-]#[O+].[K+].[Rh].c1ccc(P(c2ccccc2)c2ccccc2B(c2ccccc2P(c2ccccc2)c2ccccc2)c2ccccc2P(c2ccccc2)c2ccccc2)cc1. The summed E-state index contributed by atoms with van der Waals surface area (Å²) in [5.41, 5.74) is 4.06. The standard InChI is InChI=1S/C54H42BP3.C12H24O6.CO.K.Rh/c1-7-25-43(26-8-1)56(44-27-9-2-10-28-44)52-40-22-19-37-49(52)55(50-38-20-23-41-53(50)57(45-29-11-3-12-30-45)46-31-13-4-14-32-46)51-39-21-24-42-54(51)58(47-33-15-5-16-34-47)48-35-17-6-18-36-48;1-2-14-5-6-16-9-10-18-12-11-17-8-7-15-4-3-13-1;1-2;;/h1-42H;1-12H2;;;/q;;;+1;. The van der Waals surface area contributed by atoms with Crippen LogP contribution in [0.3, 0.4) is 0 Å². The molecule has 80 heavy (non-hydrogen) atoms. The largest absolute Gasteiger partial charge is 1.00 e. The Kier molecular flexibility index (Phi) is 31.0. The molecule has 0 amide bonds. The van der Waals surface area contributed by atoms with Crippen molar-refractivity contribution < 1.29 is 104 Å². The van der Waals surface area contributed by atoms with Gasteiger partial charge in [-0.3, -0.25) is 0 Å². The summed E-state index contributed by atoms with van der Waals surface area (Å²) in [5.74, 6) is 0. The first-order valence-electron chi connectivity index (χ1n) is 26.5. The Bertz CT molecular complexity index is 2610. The molecule has 0 N–H and O–H groups in total. The van der Waals surface area contributed by atoms with Gasteiger partial charge in [-0.15, -0.1) is 0 Å². The predicted molar refractivity (Wildman–Crippen MR) is 329 cm³/mol. The van der Waals surface area contributed by atoms with Gasteiger partial charge in [0.1, 0.15) is 0 Å². The molecular formula is C67H66BKO7P3Rh+. The van der Waals surface area contributed by atoms with E-state index >= 15 is 0 Å². The van der Waals surface area contributed by atoms with E-state index in [1.165, 1.54) is 64.1 Å². The normalized spacial score (nSPS) is 13.6. The maximum absolute atomic E-state index is 7.50. The third-order valence-corrected chi connectivity index (χ3v) is 20.3. The fourth-order valence-corrected chi connectivity index (χ4v) is 16.8. The van der Waals surface area contributed by atoms with Crippen LogP contribution in [0.15, 0.2) is 255 Å². The van der Waals surface area contributed by atoms with Crippen LogP contribution < -0.4 is 116 Å². The Balaban J connectivity index is 0.000000401. The van der Waals surface area contributed by atoms with Gasteiger partial charge in [0.2, 0.25) is 6.71 Å². The summed E-state index contributed by atoms with van der Waals surface area (Å²) in [5, 5.41) is 12.3. The van der Waals surface area contributed by atoms with Crippen LogP contribution >= 0.6 is 23.8 Å². The molecule has 0 atom stereocenters. The molecule has 1 radical (unpaired) electrons. The number of ether oxygens (including phenoxy) is 6. The molecule has 1 saturated heterocycles. The second kappa shape index (κ2) is 38.0. The molecule has 0 aromatic heterocycles. The van der Waals surface area contributed by atoms with Crippen LogP contribution in [0.5, 0.6) is 0 Å². The minimum atomic E-state index is -0.895. The molecule has 0 aliphatic carbocycles.